The van der Waals surface area contributed by atoms with Gasteiger partial charge < -0.3 is 5.32 Å². The highest BCUT2D eigenvalue weighted by atomic mass is 79.9. The van der Waals surface area contributed by atoms with Gasteiger partial charge in [-0.1, -0.05) is 6.92 Å². The summed E-state index contributed by atoms with van der Waals surface area (Å²) in [6.07, 6.45) is 3.56. The van der Waals surface area contributed by atoms with Gasteiger partial charge in [-0.25, -0.2) is 18.1 Å². The standard InChI is InChI=1S/C11H18BrN3O2S2/c1-8(7-18-3)5-15-19(16,17)10-4-9(12)6-14-11(10)13-2/h4,6,8,15H,5,7H2,1-3H3,(H,13,14). The third-order valence-corrected chi connectivity index (χ3v) is 5.19. The van der Waals surface area contributed by atoms with Crippen LogP contribution in [0.25, 0.3) is 0 Å². The van der Waals surface area contributed by atoms with Crippen LogP contribution in [0.3, 0.4) is 0 Å². The van der Waals surface area contributed by atoms with Crippen LogP contribution in [-0.4, -0.2) is 39.0 Å². The second kappa shape index (κ2) is 7.47. The van der Waals surface area contributed by atoms with Gasteiger partial charge in [-0.3, -0.25) is 0 Å². The Balaban J connectivity index is 2.91. The molecule has 5 nitrogen and oxygen atoms in total. The minimum absolute atomic E-state index is 0.153. The van der Waals surface area contributed by atoms with Crippen LogP contribution >= 0.6 is 27.7 Å². The highest BCUT2D eigenvalue weighted by Gasteiger charge is 2.20. The summed E-state index contributed by atoms with van der Waals surface area (Å²) in [5, 5.41) is 2.79. The third-order valence-electron chi connectivity index (χ3n) is 2.42. The van der Waals surface area contributed by atoms with Gasteiger partial charge in [0.2, 0.25) is 10.0 Å². The van der Waals surface area contributed by atoms with Crippen LogP contribution in [0, 0.1) is 5.92 Å². The molecule has 0 saturated heterocycles. The van der Waals surface area contributed by atoms with Crippen molar-refractivity contribution in [1.82, 2.24) is 9.71 Å². The molecule has 1 rings (SSSR count). The van der Waals surface area contributed by atoms with Gasteiger partial charge >= 0.3 is 0 Å². The summed E-state index contributed by atoms with van der Waals surface area (Å²) in [6.45, 7) is 2.43. The average molecular weight is 368 g/mol. The Morgan fingerprint density at radius 3 is 2.79 bits per heavy atom. The lowest BCUT2D eigenvalue weighted by atomic mass is 10.2. The molecule has 19 heavy (non-hydrogen) atoms. The van der Waals surface area contributed by atoms with Crippen molar-refractivity contribution in [1.29, 1.82) is 0 Å². The van der Waals surface area contributed by atoms with Crippen LogP contribution < -0.4 is 10.0 Å². The molecule has 0 spiro atoms. The maximum atomic E-state index is 12.3. The molecule has 0 saturated carbocycles. The Morgan fingerprint density at radius 1 is 1.53 bits per heavy atom. The van der Waals surface area contributed by atoms with Crippen molar-refractivity contribution in [2.24, 2.45) is 5.92 Å². The van der Waals surface area contributed by atoms with E-state index >= 15 is 0 Å². The van der Waals surface area contributed by atoms with E-state index in [1.54, 1.807) is 31.1 Å². The number of aromatic nitrogens is 1. The maximum Gasteiger partial charge on any atom is 0.244 e. The van der Waals surface area contributed by atoms with E-state index in [2.05, 4.69) is 31.0 Å². The summed E-state index contributed by atoms with van der Waals surface area (Å²) in [7, 11) is -1.91. The third kappa shape index (κ3) is 4.94. The molecule has 0 amide bonds. The van der Waals surface area contributed by atoms with Crippen molar-refractivity contribution in [2.75, 3.05) is 30.9 Å². The fourth-order valence-electron chi connectivity index (χ4n) is 1.49. The molecule has 0 aliphatic heterocycles. The number of hydrogen-bond donors (Lipinski definition) is 2. The number of rotatable bonds is 7. The van der Waals surface area contributed by atoms with E-state index in [4.69, 9.17) is 0 Å². The van der Waals surface area contributed by atoms with Crippen molar-refractivity contribution < 1.29 is 8.42 Å². The smallest absolute Gasteiger partial charge is 0.244 e. The van der Waals surface area contributed by atoms with Crippen molar-refractivity contribution in [2.45, 2.75) is 11.8 Å². The molecular weight excluding hydrogens is 350 g/mol. The summed E-state index contributed by atoms with van der Waals surface area (Å²) in [6, 6.07) is 1.54. The Kier molecular flexibility index (Phi) is 6.58. The van der Waals surface area contributed by atoms with E-state index in [0.29, 0.717) is 16.8 Å². The Hall–Kier alpha value is -0.310. The average Bonchev–Trinajstić information content (AvgIpc) is 2.37. The van der Waals surface area contributed by atoms with E-state index in [0.717, 1.165) is 5.75 Å². The van der Waals surface area contributed by atoms with E-state index in [9.17, 15) is 8.42 Å². The molecule has 1 unspecified atom stereocenters. The number of thioether (sulfide) groups is 1. The number of halogens is 1. The summed E-state index contributed by atoms with van der Waals surface area (Å²) in [5.74, 6) is 1.54. The molecule has 0 bridgehead atoms. The first-order valence-electron chi connectivity index (χ1n) is 5.72. The zero-order valence-corrected chi connectivity index (χ0v) is 14.3. The fourth-order valence-corrected chi connectivity index (χ4v) is 4.01. The molecule has 0 radical (unpaired) electrons. The van der Waals surface area contributed by atoms with Crippen molar-refractivity contribution >= 4 is 43.5 Å². The molecule has 0 aliphatic carbocycles. The first kappa shape index (κ1) is 16.7. The van der Waals surface area contributed by atoms with Crippen LogP contribution in [0.2, 0.25) is 0 Å². The van der Waals surface area contributed by atoms with Gasteiger partial charge in [0.15, 0.2) is 0 Å². The molecule has 1 heterocycles. The minimum atomic E-state index is -3.55. The van der Waals surface area contributed by atoms with Gasteiger partial charge in [-0.05, 0) is 39.9 Å². The molecule has 2 N–H and O–H groups in total. The van der Waals surface area contributed by atoms with Crippen molar-refractivity contribution in [3.05, 3.63) is 16.7 Å². The van der Waals surface area contributed by atoms with E-state index in [1.807, 2.05) is 13.2 Å². The van der Waals surface area contributed by atoms with Gasteiger partial charge in [0.05, 0.1) is 0 Å². The van der Waals surface area contributed by atoms with E-state index < -0.39 is 10.0 Å². The zero-order valence-electron chi connectivity index (χ0n) is 11.1. The molecule has 1 aromatic rings. The summed E-state index contributed by atoms with van der Waals surface area (Å²) in [5.41, 5.74) is 0. The highest BCUT2D eigenvalue weighted by Crippen LogP contribution is 2.22. The SMILES string of the molecule is CNc1ncc(Br)cc1S(=O)(=O)NCC(C)CSC. The Bertz CT molecular complexity index is 523. The Labute approximate surface area is 127 Å². The van der Waals surface area contributed by atoms with Crippen LogP contribution in [-0.2, 0) is 10.0 Å². The molecule has 1 atom stereocenters. The molecular formula is C11H18BrN3O2S2. The summed E-state index contributed by atoms with van der Waals surface area (Å²) < 4.78 is 27.8. The summed E-state index contributed by atoms with van der Waals surface area (Å²) >= 11 is 4.94. The normalized spacial score (nSPS) is 13.3. The molecule has 8 heteroatoms. The van der Waals surface area contributed by atoms with Crippen LogP contribution in [0.4, 0.5) is 5.82 Å². The number of nitrogens with one attached hydrogen (secondary N) is 2. The predicted octanol–water partition coefficient (Wildman–Crippen LogP) is 2.16. The highest BCUT2D eigenvalue weighted by molar-refractivity contribution is 9.10. The lowest BCUT2D eigenvalue weighted by Crippen LogP contribution is -2.30. The largest absolute Gasteiger partial charge is 0.372 e. The summed E-state index contributed by atoms with van der Waals surface area (Å²) in [4.78, 5) is 4.20. The van der Waals surface area contributed by atoms with Gasteiger partial charge in [0.25, 0.3) is 0 Å². The van der Waals surface area contributed by atoms with Crippen molar-refractivity contribution in [3.8, 4) is 0 Å². The monoisotopic (exact) mass is 367 g/mol. The van der Waals surface area contributed by atoms with Gasteiger partial charge in [0, 0.05) is 24.3 Å². The zero-order chi connectivity index (χ0) is 14.5. The molecule has 0 aromatic carbocycles. The lowest BCUT2D eigenvalue weighted by molar-refractivity contribution is 0.562. The topological polar surface area (TPSA) is 71.1 Å². The Morgan fingerprint density at radius 2 is 2.21 bits per heavy atom. The number of hydrogen-bond acceptors (Lipinski definition) is 5. The first-order valence-corrected chi connectivity index (χ1v) is 9.39. The number of pyridine rings is 1. The van der Waals surface area contributed by atoms with E-state index in [1.165, 1.54) is 0 Å². The number of anilines is 1. The molecule has 108 valence electrons. The van der Waals surface area contributed by atoms with Gasteiger partial charge in [0.1, 0.15) is 10.7 Å². The lowest BCUT2D eigenvalue weighted by Gasteiger charge is -2.13. The van der Waals surface area contributed by atoms with Gasteiger partial charge in [-0.15, -0.1) is 0 Å². The number of nitrogens with zero attached hydrogens (tertiary/aromatic N) is 1. The molecule has 0 aliphatic rings. The first-order chi connectivity index (χ1) is 8.90. The molecule has 1 aromatic heterocycles. The van der Waals surface area contributed by atoms with Crippen LogP contribution in [0.5, 0.6) is 0 Å². The second-order valence-corrected chi connectivity index (χ2v) is 7.72. The van der Waals surface area contributed by atoms with E-state index in [-0.39, 0.29) is 10.8 Å². The van der Waals surface area contributed by atoms with Crippen LogP contribution in [0.1, 0.15) is 6.92 Å². The van der Waals surface area contributed by atoms with Gasteiger partial charge in [-0.2, -0.15) is 11.8 Å². The van der Waals surface area contributed by atoms with Crippen molar-refractivity contribution in [3.63, 3.8) is 0 Å². The number of sulfonamides is 1. The van der Waals surface area contributed by atoms with Crippen LogP contribution in [0.15, 0.2) is 21.6 Å². The quantitative estimate of drug-likeness (QED) is 0.772. The fraction of sp³-hybridized carbons (Fsp3) is 0.545. The maximum absolute atomic E-state index is 12.3. The predicted molar refractivity (Wildman–Crippen MR) is 84.2 cm³/mol. The minimum Gasteiger partial charge on any atom is -0.372 e. The second-order valence-electron chi connectivity index (χ2n) is 4.16. The molecule has 0 fully saturated rings.